The van der Waals surface area contributed by atoms with E-state index in [0.717, 1.165) is 0 Å². The summed E-state index contributed by atoms with van der Waals surface area (Å²) in [5.74, 6) is 1.23. The lowest BCUT2D eigenvalue weighted by molar-refractivity contribution is -0.0245. The number of amides is 1. The van der Waals surface area contributed by atoms with Crippen LogP contribution < -0.4 is 5.32 Å². The van der Waals surface area contributed by atoms with Crippen LogP contribution in [-0.4, -0.2) is 57.5 Å². The van der Waals surface area contributed by atoms with Crippen molar-refractivity contribution in [2.75, 3.05) is 32.1 Å². The third kappa shape index (κ3) is 3.18. The summed E-state index contributed by atoms with van der Waals surface area (Å²) < 4.78 is 5.80. The van der Waals surface area contributed by atoms with Crippen molar-refractivity contribution in [2.45, 2.75) is 20.0 Å². The summed E-state index contributed by atoms with van der Waals surface area (Å²) in [5.41, 5.74) is 1.91. The molecule has 1 saturated heterocycles. The zero-order valence-corrected chi connectivity index (χ0v) is 14.0. The molecule has 0 aliphatic carbocycles. The van der Waals surface area contributed by atoms with Crippen molar-refractivity contribution in [3.63, 3.8) is 0 Å². The molecule has 0 radical (unpaired) electrons. The number of anilines is 1. The molecule has 1 aliphatic rings. The molecular formula is C16H20N6O2. The first kappa shape index (κ1) is 16.3. The van der Waals surface area contributed by atoms with Crippen LogP contribution in [0.25, 0.3) is 0 Å². The Labute approximate surface area is 140 Å². The van der Waals surface area contributed by atoms with Crippen LogP contribution in [0.4, 0.5) is 5.82 Å². The molecule has 126 valence electrons. The topological polar surface area (TPSA) is 93.1 Å². The van der Waals surface area contributed by atoms with E-state index in [1.165, 1.54) is 0 Å². The lowest BCUT2D eigenvalue weighted by Crippen LogP contribution is -2.43. The van der Waals surface area contributed by atoms with Gasteiger partial charge in [0.25, 0.3) is 5.91 Å². The van der Waals surface area contributed by atoms with E-state index in [2.05, 4.69) is 25.3 Å². The molecule has 0 spiro atoms. The van der Waals surface area contributed by atoms with Gasteiger partial charge in [0.2, 0.25) is 0 Å². The second-order valence-electron chi connectivity index (χ2n) is 5.57. The normalized spacial score (nSPS) is 17.6. The maximum Gasteiger partial charge on any atom is 0.257 e. The highest BCUT2D eigenvalue weighted by Gasteiger charge is 2.29. The molecule has 2 aromatic heterocycles. The van der Waals surface area contributed by atoms with Gasteiger partial charge in [-0.1, -0.05) is 0 Å². The van der Waals surface area contributed by atoms with Gasteiger partial charge in [0, 0.05) is 32.2 Å². The number of rotatable bonds is 3. The maximum atomic E-state index is 12.8. The molecular weight excluding hydrogens is 308 g/mol. The Kier molecular flexibility index (Phi) is 4.66. The van der Waals surface area contributed by atoms with Crippen LogP contribution >= 0.6 is 0 Å². The quantitative estimate of drug-likeness (QED) is 0.903. The van der Waals surface area contributed by atoms with Crippen LogP contribution in [0.15, 0.2) is 18.6 Å². The van der Waals surface area contributed by atoms with Crippen LogP contribution in [0.5, 0.6) is 0 Å². The Hall–Kier alpha value is -2.61. The average molecular weight is 328 g/mol. The number of aryl methyl sites for hydroxylation is 2. The first-order valence-corrected chi connectivity index (χ1v) is 7.80. The van der Waals surface area contributed by atoms with Gasteiger partial charge in [-0.25, -0.2) is 15.0 Å². The van der Waals surface area contributed by atoms with Gasteiger partial charge < -0.3 is 15.0 Å². The summed E-state index contributed by atoms with van der Waals surface area (Å²) in [6.45, 7) is 5.01. The van der Waals surface area contributed by atoms with Gasteiger partial charge >= 0.3 is 0 Å². The maximum absolute atomic E-state index is 12.8. The molecule has 24 heavy (non-hydrogen) atoms. The fourth-order valence-electron chi connectivity index (χ4n) is 2.74. The molecule has 1 aliphatic heterocycles. The zero-order valence-electron chi connectivity index (χ0n) is 14.0. The first-order valence-electron chi connectivity index (χ1n) is 7.80. The molecule has 1 amide bonds. The highest BCUT2D eigenvalue weighted by atomic mass is 16.5. The van der Waals surface area contributed by atoms with Crippen molar-refractivity contribution in [1.29, 1.82) is 0 Å². The molecule has 0 saturated carbocycles. The molecule has 0 bridgehead atoms. The average Bonchev–Trinajstić information content (AvgIpc) is 2.61. The van der Waals surface area contributed by atoms with Gasteiger partial charge in [-0.2, -0.15) is 0 Å². The minimum atomic E-state index is -0.314. The predicted octanol–water partition coefficient (Wildman–Crippen LogP) is 1.14. The van der Waals surface area contributed by atoms with E-state index in [1.807, 2.05) is 6.92 Å². The number of nitrogens with zero attached hydrogens (tertiary/aromatic N) is 5. The molecule has 1 atom stereocenters. The van der Waals surface area contributed by atoms with E-state index in [-0.39, 0.29) is 12.0 Å². The highest BCUT2D eigenvalue weighted by Crippen LogP contribution is 2.26. The third-order valence-electron chi connectivity index (χ3n) is 3.95. The fraction of sp³-hybridized carbons (Fsp3) is 0.438. The number of ether oxygens (including phenoxy) is 1. The smallest absolute Gasteiger partial charge is 0.257 e. The van der Waals surface area contributed by atoms with Crippen LogP contribution in [0, 0.1) is 13.8 Å². The van der Waals surface area contributed by atoms with Crippen molar-refractivity contribution < 1.29 is 9.53 Å². The molecule has 3 rings (SSSR count). The van der Waals surface area contributed by atoms with Gasteiger partial charge in [-0.3, -0.25) is 9.78 Å². The van der Waals surface area contributed by atoms with Crippen molar-refractivity contribution in [3.05, 3.63) is 41.4 Å². The van der Waals surface area contributed by atoms with Gasteiger partial charge in [0.15, 0.2) is 0 Å². The lowest BCUT2D eigenvalue weighted by Gasteiger charge is -2.33. The molecule has 2 aromatic rings. The van der Waals surface area contributed by atoms with Crippen LogP contribution in [-0.2, 0) is 4.74 Å². The lowest BCUT2D eigenvalue weighted by atomic mass is 10.1. The second kappa shape index (κ2) is 6.88. The zero-order chi connectivity index (χ0) is 17.1. The molecule has 8 heteroatoms. The van der Waals surface area contributed by atoms with Crippen molar-refractivity contribution in [1.82, 2.24) is 24.8 Å². The summed E-state index contributed by atoms with van der Waals surface area (Å²) in [5, 5.41) is 3.01. The molecule has 0 aromatic carbocycles. The number of aromatic nitrogens is 4. The highest BCUT2D eigenvalue weighted by molar-refractivity contribution is 5.95. The molecule has 3 heterocycles. The van der Waals surface area contributed by atoms with Crippen molar-refractivity contribution in [3.8, 4) is 0 Å². The monoisotopic (exact) mass is 328 g/mol. The van der Waals surface area contributed by atoms with E-state index in [9.17, 15) is 4.79 Å². The van der Waals surface area contributed by atoms with Crippen molar-refractivity contribution >= 4 is 11.7 Å². The Morgan fingerprint density at radius 3 is 2.83 bits per heavy atom. The summed E-state index contributed by atoms with van der Waals surface area (Å²) in [7, 11) is 1.78. The summed E-state index contributed by atoms with van der Waals surface area (Å²) >= 11 is 0. The predicted molar refractivity (Wildman–Crippen MR) is 87.7 cm³/mol. The number of hydrogen-bond donors (Lipinski definition) is 1. The standard InChI is InChI=1S/C16H20N6O2/c1-10-12(8-20-11(2)21-10)16(23)22-6-7-24-13(9-22)14-15(17-3)19-5-4-18-14/h4-5,8,13H,6-7,9H2,1-3H3,(H,17,19). The van der Waals surface area contributed by atoms with E-state index < -0.39 is 0 Å². The Morgan fingerprint density at radius 1 is 1.29 bits per heavy atom. The molecule has 1 N–H and O–H groups in total. The minimum absolute atomic E-state index is 0.0873. The van der Waals surface area contributed by atoms with E-state index in [0.29, 0.717) is 48.3 Å². The fourth-order valence-corrected chi connectivity index (χ4v) is 2.74. The van der Waals surface area contributed by atoms with E-state index in [4.69, 9.17) is 4.74 Å². The SMILES string of the molecule is CNc1nccnc1C1CN(C(=O)c2cnc(C)nc2C)CCO1. The largest absolute Gasteiger partial charge is 0.372 e. The summed E-state index contributed by atoms with van der Waals surface area (Å²) in [4.78, 5) is 31.6. The number of morpholine rings is 1. The van der Waals surface area contributed by atoms with Crippen LogP contribution in [0.3, 0.4) is 0 Å². The van der Waals surface area contributed by atoms with Gasteiger partial charge in [-0.15, -0.1) is 0 Å². The van der Waals surface area contributed by atoms with Gasteiger partial charge in [0.05, 0.1) is 24.4 Å². The summed E-state index contributed by atoms with van der Waals surface area (Å²) in [6.07, 6.45) is 4.52. The minimum Gasteiger partial charge on any atom is -0.372 e. The van der Waals surface area contributed by atoms with Crippen molar-refractivity contribution in [2.24, 2.45) is 0 Å². The summed E-state index contributed by atoms with van der Waals surface area (Å²) in [6, 6.07) is 0. The number of carbonyl (C=O) groups excluding carboxylic acids is 1. The number of nitrogens with one attached hydrogen (secondary N) is 1. The second-order valence-corrected chi connectivity index (χ2v) is 5.57. The van der Waals surface area contributed by atoms with Gasteiger partial charge in [0.1, 0.15) is 23.4 Å². The number of hydrogen-bond acceptors (Lipinski definition) is 7. The molecule has 8 nitrogen and oxygen atoms in total. The molecule has 1 fully saturated rings. The first-order chi connectivity index (χ1) is 11.6. The Bertz CT molecular complexity index is 751. The van der Waals surface area contributed by atoms with Crippen LogP contribution in [0.2, 0.25) is 0 Å². The number of carbonyl (C=O) groups is 1. The van der Waals surface area contributed by atoms with Gasteiger partial charge in [-0.05, 0) is 13.8 Å². The Morgan fingerprint density at radius 2 is 2.08 bits per heavy atom. The van der Waals surface area contributed by atoms with E-state index >= 15 is 0 Å². The van der Waals surface area contributed by atoms with E-state index in [1.54, 1.807) is 37.5 Å². The van der Waals surface area contributed by atoms with Crippen LogP contribution in [0.1, 0.15) is 33.7 Å². The third-order valence-corrected chi connectivity index (χ3v) is 3.95. The Balaban J connectivity index is 1.81. The molecule has 1 unspecified atom stereocenters.